The minimum atomic E-state index is -0.535. The Balaban J connectivity index is 1.82. The highest BCUT2D eigenvalue weighted by Crippen LogP contribution is 2.16. The van der Waals surface area contributed by atoms with E-state index in [2.05, 4.69) is 15.5 Å². The molecule has 1 amide bonds. The van der Waals surface area contributed by atoms with Gasteiger partial charge in [-0.3, -0.25) is 19.3 Å². The molecule has 8 heteroatoms. The van der Waals surface area contributed by atoms with E-state index in [0.29, 0.717) is 11.5 Å². The summed E-state index contributed by atoms with van der Waals surface area (Å²) in [5, 5.41) is 21.7. The highest BCUT2D eigenvalue weighted by Gasteiger charge is 2.18. The van der Waals surface area contributed by atoms with Gasteiger partial charge < -0.3 is 5.32 Å². The zero-order chi connectivity index (χ0) is 16.4. The summed E-state index contributed by atoms with van der Waals surface area (Å²) in [7, 11) is 0. The summed E-state index contributed by atoms with van der Waals surface area (Å²) < 4.78 is 1.78. The number of carbonyl (C=O) groups is 1. The molecule has 0 aliphatic rings. The molecule has 0 spiro atoms. The molecule has 2 aromatic heterocycles. The van der Waals surface area contributed by atoms with Crippen LogP contribution in [0.1, 0.15) is 29.1 Å². The van der Waals surface area contributed by atoms with Crippen molar-refractivity contribution in [3.8, 4) is 0 Å². The molecule has 8 nitrogen and oxygen atoms in total. The van der Waals surface area contributed by atoms with E-state index in [0.717, 1.165) is 0 Å². The zero-order valence-electron chi connectivity index (χ0n) is 12.2. The molecule has 23 heavy (non-hydrogen) atoms. The van der Waals surface area contributed by atoms with E-state index in [1.165, 1.54) is 24.3 Å². The molecule has 3 rings (SSSR count). The van der Waals surface area contributed by atoms with E-state index in [4.69, 9.17) is 0 Å². The Labute approximate surface area is 130 Å². The van der Waals surface area contributed by atoms with Gasteiger partial charge in [0.05, 0.1) is 11.0 Å². The number of amides is 1. The largest absolute Gasteiger partial charge is 0.342 e. The van der Waals surface area contributed by atoms with Gasteiger partial charge in [-0.15, -0.1) is 10.2 Å². The smallest absolute Gasteiger partial charge is 0.270 e. The van der Waals surface area contributed by atoms with Crippen LogP contribution in [0, 0.1) is 10.1 Å². The molecule has 0 saturated heterocycles. The highest BCUT2D eigenvalue weighted by molar-refractivity contribution is 5.95. The number of fused-ring (bicyclic) bond motifs is 1. The number of benzene rings is 1. The Morgan fingerprint density at radius 2 is 2.09 bits per heavy atom. The number of nitro benzene ring substituents is 1. The van der Waals surface area contributed by atoms with Gasteiger partial charge in [0.15, 0.2) is 11.5 Å². The number of pyridine rings is 1. The lowest BCUT2D eigenvalue weighted by Gasteiger charge is -2.12. The fourth-order valence-corrected chi connectivity index (χ4v) is 2.26. The predicted octanol–water partition coefficient (Wildman–Crippen LogP) is 2.13. The molecule has 0 radical (unpaired) electrons. The van der Waals surface area contributed by atoms with Gasteiger partial charge in [-0.25, -0.2) is 0 Å². The quantitative estimate of drug-likeness (QED) is 0.587. The van der Waals surface area contributed by atoms with Crippen LogP contribution in [0.3, 0.4) is 0 Å². The monoisotopic (exact) mass is 311 g/mol. The summed E-state index contributed by atoms with van der Waals surface area (Å²) >= 11 is 0. The maximum absolute atomic E-state index is 12.3. The van der Waals surface area contributed by atoms with Crippen LogP contribution < -0.4 is 5.32 Å². The molecule has 1 atom stereocenters. The third-order valence-electron chi connectivity index (χ3n) is 3.39. The molecule has 2 heterocycles. The summed E-state index contributed by atoms with van der Waals surface area (Å²) in [6.07, 6.45) is 1.81. The average Bonchev–Trinajstić information content (AvgIpc) is 2.99. The highest BCUT2D eigenvalue weighted by atomic mass is 16.6. The minimum absolute atomic E-state index is 0.127. The van der Waals surface area contributed by atoms with E-state index >= 15 is 0 Å². The Hall–Kier alpha value is -3.29. The number of nitrogens with one attached hydrogen (secondary N) is 1. The summed E-state index contributed by atoms with van der Waals surface area (Å²) in [5.41, 5.74) is 0.775. The Bertz CT molecular complexity index is 889. The Kier molecular flexibility index (Phi) is 3.71. The number of rotatable bonds is 4. The van der Waals surface area contributed by atoms with Crippen LogP contribution in [0.25, 0.3) is 5.65 Å². The van der Waals surface area contributed by atoms with Crippen LogP contribution >= 0.6 is 0 Å². The van der Waals surface area contributed by atoms with E-state index < -0.39 is 16.9 Å². The number of hydrogen-bond acceptors (Lipinski definition) is 5. The maximum atomic E-state index is 12.3. The third kappa shape index (κ3) is 2.86. The molecule has 0 fully saturated rings. The predicted molar refractivity (Wildman–Crippen MR) is 82.0 cm³/mol. The van der Waals surface area contributed by atoms with Crippen LogP contribution in [0.4, 0.5) is 5.69 Å². The van der Waals surface area contributed by atoms with Crippen molar-refractivity contribution in [2.75, 3.05) is 0 Å². The van der Waals surface area contributed by atoms with Crippen molar-refractivity contribution in [3.63, 3.8) is 0 Å². The van der Waals surface area contributed by atoms with Gasteiger partial charge in [0, 0.05) is 23.9 Å². The van der Waals surface area contributed by atoms with Crippen molar-refractivity contribution in [2.45, 2.75) is 13.0 Å². The lowest BCUT2D eigenvalue weighted by molar-refractivity contribution is -0.384. The van der Waals surface area contributed by atoms with Gasteiger partial charge in [0.1, 0.15) is 0 Å². The summed E-state index contributed by atoms with van der Waals surface area (Å²) in [6, 6.07) is 10.7. The van der Waals surface area contributed by atoms with Crippen LogP contribution in [0.15, 0.2) is 48.7 Å². The summed E-state index contributed by atoms with van der Waals surface area (Å²) in [5.74, 6) is 0.174. The first-order valence-corrected chi connectivity index (χ1v) is 6.91. The number of nitro groups is 1. The molecule has 116 valence electrons. The minimum Gasteiger partial charge on any atom is -0.342 e. The van der Waals surface area contributed by atoms with Crippen LogP contribution in [-0.2, 0) is 0 Å². The second-order valence-corrected chi connectivity index (χ2v) is 4.99. The zero-order valence-corrected chi connectivity index (χ0v) is 12.2. The molecular weight excluding hydrogens is 298 g/mol. The molecule has 0 aliphatic carbocycles. The molecule has 1 N–H and O–H groups in total. The van der Waals surface area contributed by atoms with Gasteiger partial charge in [-0.2, -0.15) is 0 Å². The maximum Gasteiger partial charge on any atom is 0.270 e. The van der Waals surface area contributed by atoms with Gasteiger partial charge in [0.25, 0.3) is 11.6 Å². The van der Waals surface area contributed by atoms with Gasteiger partial charge in [-0.05, 0) is 25.1 Å². The topological polar surface area (TPSA) is 102 Å². The van der Waals surface area contributed by atoms with Crippen molar-refractivity contribution in [3.05, 3.63) is 70.2 Å². The Morgan fingerprint density at radius 3 is 2.87 bits per heavy atom. The summed E-state index contributed by atoms with van der Waals surface area (Å²) in [4.78, 5) is 22.5. The van der Waals surface area contributed by atoms with Gasteiger partial charge in [-0.1, -0.05) is 12.1 Å². The van der Waals surface area contributed by atoms with Crippen molar-refractivity contribution < 1.29 is 9.72 Å². The lowest BCUT2D eigenvalue weighted by atomic mass is 10.1. The number of nitrogens with zero attached hydrogens (tertiary/aromatic N) is 4. The van der Waals surface area contributed by atoms with Gasteiger partial charge >= 0.3 is 0 Å². The second kappa shape index (κ2) is 5.84. The number of non-ortho nitro benzene ring substituents is 1. The molecule has 1 unspecified atom stereocenters. The molecule has 1 aromatic carbocycles. The number of carbonyl (C=O) groups excluding carboxylic acids is 1. The first-order chi connectivity index (χ1) is 11.1. The SMILES string of the molecule is CC(NC(=O)c1cccc([N+](=O)[O-])c1)c1nnc2ccccn12. The fourth-order valence-electron chi connectivity index (χ4n) is 2.26. The van der Waals surface area contributed by atoms with E-state index in [1.807, 2.05) is 18.2 Å². The van der Waals surface area contributed by atoms with Crippen molar-refractivity contribution >= 4 is 17.2 Å². The number of hydrogen-bond donors (Lipinski definition) is 1. The van der Waals surface area contributed by atoms with Crippen molar-refractivity contribution in [1.29, 1.82) is 0 Å². The van der Waals surface area contributed by atoms with Crippen LogP contribution in [-0.4, -0.2) is 25.4 Å². The second-order valence-electron chi connectivity index (χ2n) is 4.99. The average molecular weight is 311 g/mol. The molecule has 3 aromatic rings. The third-order valence-corrected chi connectivity index (χ3v) is 3.39. The van der Waals surface area contributed by atoms with Gasteiger partial charge in [0.2, 0.25) is 0 Å². The fraction of sp³-hybridized carbons (Fsp3) is 0.133. The normalized spacial score (nSPS) is 12.0. The Morgan fingerprint density at radius 1 is 1.26 bits per heavy atom. The standard InChI is InChI=1S/C15H13N5O3/c1-10(14-18-17-13-7-2-3-8-19(13)14)16-15(21)11-5-4-6-12(9-11)20(22)23/h2-10H,1H3,(H,16,21). The molecule has 0 bridgehead atoms. The lowest BCUT2D eigenvalue weighted by Crippen LogP contribution is -2.28. The van der Waals surface area contributed by atoms with E-state index in [-0.39, 0.29) is 11.3 Å². The van der Waals surface area contributed by atoms with Crippen molar-refractivity contribution in [1.82, 2.24) is 19.9 Å². The van der Waals surface area contributed by atoms with Crippen LogP contribution in [0.2, 0.25) is 0 Å². The van der Waals surface area contributed by atoms with E-state index in [9.17, 15) is 14.9 Å². The van der Waals surface area contributed by atoms with Crippen molar-refractivity contribution in [2.24, 2.45) is 0 Å². The summed E-state index contributed by atoms with van der Waals surface area (Å²) in [6.45, 7) is 1.78. The van der Waals surface area contributed by atoms with Crippen LogP contribution in [0.5, 0.6) is 0 Å². The molecule has 0 saturated carbocycles. The molecule has 0 aliphatic heterocycles. The first kappa shape index (κ1) is 14.6. The first-order valence-electron chi connectivity index (χ1n) is 6.91. The number of aromatic nitrogens is 3. The van der Waals surface area contributed by atoms with E-state index in [1.54, 1.807) is 17.5 Å². The molecular formula is C15H13N5O3.